The Morgan fingerprint density at radius 2 is 2.25 bits per heavy atom. The molecule has 2 unspecified atom stereocenters. The van der Waals surface area contributed by atoms with Crippen LogP contribution in [0.1, 0.15) is 30.5 Å². The maximum absolute atomic E-state index is 9.83. The van der Waals surface area contributed by atoms with Crippen molar-refractivity contribution in [2.24, 2.45) is 0 Å². The summed E-state index contributed by atoms with van der Waals surface area (Å²) in [4.78, 5) is 1.53. The Morgan fingerprint density at radius 3 is 2.88 bits per heavy atom. The van der Waals surface area contributed by atoms with E-state index in [2.05, 4.69) is 14.0 Å². The Kier molecular flexibility index (Phi) is 3.06. The fraction of sp³-hybridized carbons (Fsp3) is 0.538. The maximum Gasteiger partial charge on any atom is 0.160 e. The summed E-state index contributed by atoms with van der Waals surface area (Å²) in [7, 11) is 3.82. The highest BCUT2D eigenvalue weighted by molar-refractivity contribution is 5.47. The average Bonchev–Trinajstić information content (AvgIpc) is 2.28. The molecule has 1 aliphatic heterocycles. The summed E-state index contributed by atoms with van der Waals surface area (Å²) in [6, 6.07) is 4.37. The molecule has 0 radical (unpaired) electrons. The van der Waals surface area contributed by atoms with Crippen LogP contribution in [0.15, 0.2) is 12.1 Å². The molecular weight excluding hydrogens is 202 g/mol. The van der Waals surface area contributed by atoms with E-state index in [1.165, 1.54) is 16.0 Å². The van der Waals surface area contributed by atoms with Crippen molar-refractivity contribution in [2.75, 3.05) is 20.7 Å². The van der Waals surface area contributed by atoms with Gasteiger partial charge in [-0.05, 0) is 17.7 Å². The lowest BCUT2D eigenvalue weighted by molar-refractivity contribution is -0.914. The number of fused-ring (bicyclic) bond motifs is 1. The SMILES string of the molecule is CCC1c2cc(O)c(OC)cc2CC[NH+]1C. The van der Waals surface area contributed by atoms with E-state index in [1.54, 1.807) is 7.11 Å². The van der Waals surface area contributed by atoms with Crippen molar-refractivity contribution >= 4 is 0 Å². The fourth-order valence-corrected chi connectivity index (χ4v) is 2.67. The first-order chi connectivity index (χ1) is 7.67. The Morgan fingerprint density at radius 1 is 1.50 bits per heavy atom. The van der Waals surface area contributed by atoms with Crippen LogP contribution in [0.2, 0.25) is 0 Å². The lowest BCUT2D eigenvalue weighted by Gasteiger charge is -2.31. The average molecular weight is 222 g/mol. The summed E-state index contributed by atoms with van der Waals surface area (Å²) in [6.07, 6.45) is 2.17. The summed E-state index contributed by atoms with van der Waals surface area (Å²) in [5.41, 5.74) is 2.61. The number of phenols is 1. The van der Waals surface area contributed by atoms with Gasteiger partial charge in [0.25, 0.3) is 0 Å². The van der Waals surface area contributed by atoms with Gasteiger partial charge in [0.15, 0.2) is 11.5 Å². The predicted molar refractivity (Wildman–Crippen MR) is 63.1 cm³/mol. The first kappa shape index (κ1) is 11.3. The summed E-state index contributed by atoms with van der Waals surface area (Å²) < 4.78 is 5.15. The Hall–Kier alpha value is -1.22. The third-order valence-corrected chi connectivity index (χ3v) is 3.61. The maximum atomic E-state index is 9.83. The first-order valence-electron chi connectivity index (χ1n) is 5.89. The van der Waals surface area contributed by atoms with Crippen LogP contribution in [0.3, 0.4) is 0 Å². The van der Waals surface area contributed by atoms with Crippen molar-refractivity contribution in [3.8, 4) is 11.5 Å². The second-order valence-electron chi connectivity index (χ2n) is 4.53. The highest BCUT2D eigenvalue weighted by Crippen LogP contribution is 2.33. The van der Waals surface area contributed by atoms with Crippen LogP contribution in [0.4, 0.5) is 0 Å². The van der Waals surface area contributed by atoms with Crippen molar-refractivity contribution in [2.45, 2.75) is 25.8 Å². The quantitative estimate of drug-likeness (QED) is 0.780. The van der Waals surface area contributed by atoms with Gasteiger partial charge in [-0.3, -0.25) is 0 Å². The zero-order valence-electron chi connectivity index (χ0n) is 10.2. The molecule has 0 spiro atoms. The molecule has 88 valence electrons. The van der Waals surface area contributed by atoms with Crippen LogP contribution in [0.25, 0.3) is 0 Å². The molecule has 0 fully saturated rings. The highest BCUT2D eigenvalue weighted by Gasteiger charge is 2.28. The summed E-state index contributed by atoms with van der Waals surface area (Å²) in [5, 5.41) is 9.83. The molecule has 0 aromatic heterocycles. The number of ether oxygens (including phenoxy) is 1. The van der Waals surface area contributed by atoms with Gasteiger partial charge >= 0.3 is 0 Å². The third-order valence-electron chi connectivity index (χ3n) is 3.61. The minimum absolute atomic E-state index is 0.259. The molecule has 0 saturated heterocycles. The van der Waals surface area contributed by atoms with Gasteiger partial charge in [-0.2, -0.15) is 0 Å². The number of aromatic hydroxyl groups is 1. The molecule has 1 heterocycles. The smallest absolute Gasteiger partial charge is 0.160 e. The number of quaternary nitrogens is 1. The Labute approximate surface area is 96.6 Å². The van der Waals surface area contributed by atoms with E-state index < -0.39 is 0 Å². The van der Waals surface area contributed by atoms with E-state index in [4.69, 9.17) is 4.74 Å². The molecule has 1 aliphatic rings. The largest absolute Gasteiger partial charge is 0.504 e. The van der Waals surface area contributed by atoms with Crippen molar-refractivity contribution in [1.82, 2.24) is 0 Å². The normalized spacial score (nSPS) is 23.9. The van der Waals surface area contributed by atoms with E-state index in [0.29, 0.717) is 11.8 Å². The fourth-order valence-electron chi connectivity index (χ4n) is 2.67. The summed E-state index contributed by atoms with van der Waals surface area (Å²) >= 11 is 0. The molecule has 16 heavy (non-hydrogen) atoms. The van der Waals surface area contributed by atoms with E-state index in [1.807, 2.05) is 12.1 Å². The number of methoxy groups -OCH3 is 1. The zero-order valence-corrected chi connectivity index (χ0v) is 10.2. The molecule has 2 N–H and O–H groups in total. The Balaban J connectivity index is 2.46. The standard InChI is InChI=1S/C13H19NO2/c1-4-11-10-8-12(15)13(16-3)7-9(10)5-6-14(11)2/h7-8,11,15H,4-6H2,1-3H3/p+1. The summed E-state index contributed by atoms with van der Waals surface area (Å²) in [5.74, 6) is 0.850. The van der Waals surface area contributed by atoms with E-state index in [-0.39, 0.29) is 5.75 Å². The number of rotatable bonds is 2. The second-order valence-corrected chi connectivity index (χ2v) is 4.53. The molecule has 1 aromatic rings. The molecule has 0 saturated carbocycles. The third kappa shape index (κ3) is 1.76. The number of nitrogens with one attached hydrogen (secondary N) is 1. The van der Waals surface area contributed by atoms with Gasteiger partial charge < -0.3 is 14.7 Å². The second kappa shape index (κ2) is 4.34. The minimum atomic E-state index is 0.259. The lowest BCUT2D eigenvalue weighted by Crippen LogP contribution is -3.10. The molecule has 2 rings (SSSR count). The lowest BCUT2D eigenvalue weighted by atomic mass is 9.91. The Bertz CT molecular complexity index is 390. The van der Waals surface area contributed by atoms with Crippen molar-refractivity contribution in [1.29, 1.82) is 0 Å². The molecule has 0 amide bonds. The topological polar surface area (TPSA) is 33.9 Å². The van der Waals surface area contributed by atoms with E-state index >= 15 is 0 Å². The molecule has 3 heteroatoms. The highest BCUT2D eigenvalue weighted by atomic mass is 16.5. The molecular formula is C13H20NO2+. The number of hydrogen-bond acceptors (Lipinski definition) is 2. The molecule has 0 bridgehead atoms. The first-order valence-corrected chi connectivity index (χ1v) is 5.89. The van der Waals surface area contributed by atoms with Gasteiger partial charge in [0.2, 0.25) is 0 Å². The predicted octanol–water partition coefficient (Wildman–Crippen LogP) is 0.923. The number of hydrogen-bond donors (Lipinski definition) is 2. The van der Waals surface area contributed by atoms with Crippen LogP contribution in [-0.2, 0) is 6.42 Å². The molecule has 3 nitrogen and oxygen atoms in total. The number of phenolic OH excluding ortho intramolecular Hbond substituents is 1. The van der Waals surface area contributed by atoms with Gasteiger partial charge in [-0.25, -0.2) is 0 Å². The van der Waals surface area contributed by atoms with Crippen molar-refractivity contribution in [3.05, 3.63) is 23.3 Å². The van der Waals surface area contributed by atoms with Gasteiger partial charge in [-0.1, -0.05) is 6.92 Å². The van der Waals surface area contributed by atoms with Crippen molar-refractivity contribution < 1.29 is 14.7 Å². The van der Waals surface area contributed by atoms with Gasteiger partial charge in [0.05, 0.1) is 20.7 Å². The molecule has 1 aromatic carbocycles. The minimum Gasteiger partial charge on any atom is -0.504 e. The molecule has 0 aliphatic carbocycles. The van der Waals surface area contributed by atoms with Crippen LogP contribution >= 0.6 is 0 Å². The van der Waals surface area contributed by atoms with Crippen LogP contribution < -0.4 is 9.64 Å². The van der Waals surface area contributed by atoms with E-state index in [0.717, 1.165) is 19.4 Å². The van der Waals surface area contributed by atoms with Crippen LogP contribution in [-0.4, -0.2) is 25.8 Å². The summed E-state index contributed by atoms with van der Waals surface area (Å²) in [6.45, 7) is 3.35. The zero-order chi connectivity index (χ0) is 11.7. The monoisotopic (exact) mass is 222 g/mol. The number of benzene rings is 1. The van der Waals surface area contributed by atoms with Gasteiger partial charge in [0, 0.05) is 18.4 Å². The number of likely N-dealkylation sites (N-methyl/N-ethyl adjacent to an activating group) is 1. The van der Waals surface area contributed by atoms with Crippen molar-refractivity contribution in [3.63, 3.8) is 0 Å². The van der Waals surface area contributed by atoms with Gasteiger partial charge in [0.1, 0.15) is 6.04 Å². The van der Waals surface area contributed by atoms with Gasteiger partial charge in [-0.15, -0.1) is 0 Å². The molecule has 2 atom stereocenters. The van der Waals surface area contributed by atoms with Crippen LogP contribution in [0, 0.1) is 0 Å². The van der Waals surface area contributed by atoms with Crippen LogP contribution in [0.5, 0.6) is 11.5 Å². The van der Waals surface area contributed by atoms with E-state index in [9.17, 15) is 5.11 Å².